The summed E-state index contributed by atoms with van der Waals surface area (Å²) in [5.74, 6) is -0.00986. The van der Waals surface area contributed by atoms with E-state index < -0.39 is 5.41 Å². The molecule has 1 heterocycles. The van der Waals surface area contributed by atoms with Crippen molar-refractivity contribution in [1.29, 1.82) is 0 Å². The number of halogens is 1. The quantitative estimate of drug-likeness (QED) is 0.831. The van der Waals surface area contributed by atoms with E-state index in [0.29, 0.717) is 19.5 Å². The number of nitrogens with one attached hydrogen (secondary N) is 1. The predicted molar refractivity (Wildman–Crippen MR) is 95.9 cm³/mol. The minimum Gasteiger partial charge on any atom is -0.398 e. The van der Waals surface area contributed by atoms with Gasteiger partial charge in [0, 0.05) is 36.3 Å². The fourth-order valence-electron chi connectivity index (χ4n) is 2.59. The number of anilines is 2. The highest BCUT2D eigenvalue weighted by atomic mass is 35.5. The maximum Gasteiger partial charge on any atom is 0.228 e. The van der Waals surface area contributed by atoms with Crippen molar-refractivity contribution in [3.05, 3.63) is 23.8 Å². The Morgan fingerprint density at radius 1 is 1.30 bits per heavy atom. The van der Waals surface area contributed by atoms with Gasteiger partial charge in [0.2, 0.25) is 11.8 Å². The lowest BCUT2D eigenvalue weighted by Gasteiger charge is -2.30. The lowest BCUT2D eigenvalue weighted by atomic mass is 9.96. The summed E-state index contributed by atoms with van der Waals surface area (Å²) < 4.78 is 0. The van der Waals surface area contributed by atoms with E-state index in [0.717, 1.165) is 29.8 Å². The first kappa shape index (κ1) is 19.3. The minimum atomic E-state index is -0.435. The molecule has 6 heteroatoms. The van der Waals surface area contributed by atoms with Gasteiger partial charge in [-0.15, -0.1) is 12.4 Å². The lowest BCUT2D eigenvalue weighted by molar-refractivity contribution is -0.128. The molecule has 23 heavy (non-hydrogen) atoms. The van der Waals surface area contributed by atoms with Crippen molar-refractivity contribution < 1.29 is 9.59 Å². The first-order valence-corrected chi connectivity index (χ1v) is 7.77. The molecule has 128 valence electrons. The van der Waals surface area contributed by atoms with Crippen LogP contribution in [0.2, 0.25) is 0 Å². The van der Waals surface area contributed by atoms with Gasteiger partial charge in [0.05, 0.1) is 0 Å². The smallest absolute Gasteiger partial charge is 0.228 e. The molecule has 0 aromatic heterocycles. The molecular weight excluding hydrogens is 314 g/mol. The molecule has 0 aliphatic carbocycles. The highest BCUT2D eigenvalue weighted by molar-refractivity contribution is 5.95. The van der Waals surface area contributed by atoms with Crippen LogP contribution < -0.4 is 16.0 Å². The molecule has 0 fully saturated rings. The Hall–Kier alpha value is -1.75. The van der Waals surface area contributed by atoms with Crippen LogP contribution in [0, 0.1) is 5.41 Å². The van der Waals surface area contributed by atoms with E-state index in [4.69, 9.17) is 5.73 Å². The second kappa shape index (κ2) is 7.68. The molecule has 0 saturated carbocycles. The van der Waals surface area contributed by atoms with E-state index in [1.54, 1.807) is 4.90 Å². The van der Waals surface area contributed by atoms with E-state index in [1.807, 2.05) is 39.0 Å². The topological polar surface area (TPSA) is 75.4 Å². The maximum atomic E-state index is 12.4. The summed E-state index contributed by atoms with van der Waals surface area (Å²) >= 11 is 0. The molecule has 1 aromatic carbocycles. The van der Waals surface area contributed by atoms with Crippen LogP contribution >= 0.6 is 12.4 Å². The number of rotatable bonds is 3. The molecule has 0 spiro atoms. The van der Waals surface area contributed by atoms with E-state index in [9.17, 15) is 9.59 Å². The van der Waals surface area contributed by atoms with Gasteiger partial charge >= 0.3 is 0 Å². The summed E-state index contributed by atoms with van der Waals surface area (Å²) in [5.41, 5.74) is 8.28. The van der Waals surface area contributed by atoms with Crippen molar-refractivity contribution in [2.45, 2.75) is 40.0 Å². The van der Waals surface area contributed by atoms with Gasteiger partial charge < -0.3 is 16.0 Å². The largest absolute Gasteiger partial charge is 0.398 e. The standard InChI is InChI=1S/C17H25N3O2.ClH/c1-17(2,3)16(22)19-10-9-15(21)20-11-5-6-12-13(18)7-4-8-14(12)20;/h4,7-8H,5-6,9-11,18H2,1-3H3,(H,19,22);1H. The zero-order valence-corrected chi connectivity index (χ0v) is 14.8. The molecule has 2 amide bonds. The zero-order chi connectivity index (χ0) is 16.3. The van der Waals surface area contributed by atoms with E-state index in [-0.39, 0.29) is 24.2 Å². The van der Waals surface area contributed by atoms with Crippen molar-refractivity contribution in [2.75, 3.05) is 23.7 Å². The summed E-state index contributed by atoms with van der Waals surface area (Å²) in [5, 5.41) is 2.82. The van der Waals surface area contributed by atoms with Gasteiger partial charge in [0.25, 0.3) is 0 Å². The van der Waals surface area contributed by atoms with Crippen LogP contribution in [-0.4, -0.2) is 24.9 Å². The van der Waals surface area contributed by atoms with Crippen LogP contribution in [0.3, 0.4) is 0 Å². The third kappa shape index (κ3) is 4.61. The number of nitrogens with two attached hydrogens (primary N) is 1. The van der Waals surface area contributed by atoms with Crippen molar-refractivity contribution in [3.63, 3.8) is 0 Å². The third-order valence-electron chi connectivity index (χ3n) is 3.89. The fourth-order valence-corrected chi connectivity index (χ4v) is 2.59. The number of fused-ring (bicyclic) bond motifs is 1. The summed E-state index contributed by atoms with van der Waals surface area (Å²) in [6.07, 6.45) is 2.13. The number of amides is 2. The fraction of sp³-hybridized carbons (Fsp3) is 0.529. The predicted octanol–water partition coefficient (Wildman–Crippen LogP) is 2.52. The Labute approximate surface area is 144 Å². The minimum absolute atomic E-state index is 0. The Bertz CT molecular complexity index is 582. The molecule has 3 N–H and O–H groups in total. The van der Waals surface area contributed by atoms with Gasteiger partial charge in [0.15, 0.2) is 0 Å². The van der Waals surface area contributed by atoms with Crippen LogP contribution in [0.25, 0.3) is 0 Å². The molecule has 0 atom stereocenters. The summed E-state index contributed by atoms with van der Waals surface area (Å²) in [6.45, 7) is 6.64. The molecule has 2 rings (SSSR count). The number of benzene rings is 1. The molecule has 1 aliphatic heterocycles. The Morgan fingerprint density at radius 2 is 2.00 bits per heavy atom. The third-order valence-corrected chi connectivity index (χ3v) is 3.89. The molecule has 1 aliphatic rings. The van der Waals surface area contributed by atoms with Crippen molar-refractivity contribution in [3.8, 4) is 0 Å². The molecule has 0 saturated heterocycles. The maximum absolute atomic E-state index is 12.4. The highest BCUT2D eigenvalue weighted by Gasteiger charge is 2.24. The second-order valence-electron chi connectivity index (χ2n) is 6.75. The van der Waals surface area contributed by atoms with Gasteiger partial charge in [-0.3, -0.25) is 9.59 Å². The van der Waals surface area contributed by atoms with Crippen LogP contribution in [-0.2, 0) is 16.0 Å². The molecule has 5 nitrogen and oxygen atoms in total. The summed E-state index contributed by atoms with van der Waals surface area (Å²) in [4.78, 5) is 26.0. The van der Waals surface area contributed by atoms with Crippen LogP contribution in [0.15, 0.2) is 18.2 Å². The van der Waals surface area contributed by atoms with Crippen LogP contribution in [0.5, 0.6) is 0 Å². The average Bonchev–Trinajstić information content (AvgIpc) is 2.46. The van der Waals surface area contributed by atoms with Gasteiger partial charge in [-0.1, -0.05) is 26.8 Å². The summed E-state index contributed by atoms with van der Waals surface area (Å²) in [6, 6.07) is 5.69. The van der Waals surface area contributed by atoms with Crippen molar-refractivity contribution in [1.82, 2.24) is 5.32 Å². The zero-order valence-electron chi connectivity index (χ0n) is 14.0. The normalized spacial score (nSPS) is 13.8. The molecule has 0 bridgehead atoms. The van der Waals surface area contributed by atoms with Gasteiger partial charge in [-0.2, -0.15) is 0 Å². The SMILES string of the molecule is CC(C)(C)C(=O)NCCC(=O)N1CCCc2c(N)cccc21.Cl. The van der Waals surface area contributed by atoms with E-state index in [2.05, 4.69) is 5.32 Å². The Morgan fingerprint density at radius 3 is 2.65 bits per heavy atom. The number of carbonyl (C=O) groups excluding carboxylic acids is 2. The highest BCUT2D eigenvalue weighted by Crippen LogP contribution is 2.31. The average molecular weight is 340 g/mol. The van der Waals surface area contributed by atoms with Gasteiger partial charge in [-0.25, -0.2) is 0 Å². The van der Waals surface area contributed by atoms with Crippen LogP contribution in [0.4, 0.5) is 11.4 Å². The van der Waals surface area contributed by atoms with E-state index >= 15 is 0 Å². The molecule has 0 unspecified atom stereocenters. The van der Waals surface area contributed by atoms with Crippen LogP contribution in [0.1, 0.15) is 39.2 Å². The summed E-state index contributed by atoms with van der Waals surface area (Å²) in [7, 11) is 0. The Balaban J connectivity index is 0.00000264. The van der Waals surface area contributed by atoms with Crippen molar-refractivity contribution >= 4 is 35.6 Å². The van der Waals surface area contributed by atoms with Gasteiger partial charge in [0.1, 0.15) is 0 Å². The molecular formula is C17H26ClN3O2. The number of carbonyl (C=O) groups is 2. The van der Waals surface area contributed by atoms with Gasteiger partial charge in [-0.05, 0) is 30.5 Å². The first-order valence-electron chi connectivity index (χ1n) is 7.77. The number of nitrogen functional groups attached to an aromatic ring is 1. The molecule has 0 radical (unpaired) electrons. The Kier molecular flexibility index (Phi) is 6.45. The monoisotopic (exact) mass is 339 g/mol. The molecule has 1 aromatic rings. The first-order chi connectivity index (χ1) is 10.3. The van der Waals surface area contributed by atoms with E-state index in [1.165, 1.54) is 0 Å². The van der Waals surface area contributed by atoms with Crippen molar-refractivity contribution in [2.24, 2.45) is 5.41 Å². The number of nitrogens with zero attached hydrogens (tertiary/aromatic N) is 1. The number of hydrogen-bond acceptors (Lipinski definition) is 3. The lowest BCUT2D eigenvalue weighted by Crippen LogP contribution is -2.40. The number of hydrogen-bond donors (Lipinski definition) is 2. The second-order valence-corrected chi connectivity index (χ2v) is 6.75.